The summed E-state index contributed by atoms with van der Waals surface area (Å²) in [6.07, 6.45) is 0. The maximum absolute atomic E-state index is 11.0. The smallest absolute Gasteiger partial charge is 0.348 e. The number of nitrogens with zero attached hydrogens (tertiary/aromatic N) is 4. The van der Waals surface area contributed by atoms with Crippen molar-refractivity contribution in [2.24, 2.45) is 0 Å². The van der Waals surface area contributed by atoms with Crippen LogP contribution in [0.3, 0.4) is 0 Å². The number of hydrogen-bond donors (Lipinski definition) is 1. The van der Waals surface area contributed by atoms with Gasteiger partial charge in [-0.2, -0.15) is 0 Å². The topological polar surface area (TPSA) is 188 Å². The molecular formula is C12H5N5O8. The molecule has 0 spiro atoms. The van der Waals surface area contributed by atoms with Crippen LogP contribution in [0.5, 0.6) is 0 Å². The summed E-state index contributed by atoms with van der Waals surface area (Å²) in [5.74, 6) is 0. The van der Waals surface area contributed by atoms with Gasteiger partial charge in [0.05, 0.1) is 30.7 Å². The Morgan fingerprint density at radius 2 is 0.840 bits per heavy atom. The molecule has 0 aliphatic heterocycles. The van der Waals surface area contributed by atoms with E-state index < -0.39 is 42.4 Å². The summed E-state index contributed by atoms with van der Waals surface area (Å²) in [4.78, 5) is 42.9. The highest BCUT2D eigenvalue weighted by molar-refractivity contribution is 6.10. The van der Waals surface area contributed by atoms with Crippen molar-refractivity contribution in [3.8, 4) is 0 Å². The van der Waals surface area contributed by atoms with E-state index in [0.717, 1.165) is 24.3 Å². The number of aromatic amines is 1. The van der Waals surface area contributed by atoms with Crippen LogP contribution in [0.15, 0.2) is 24.3 Å². The SMILES string of the molecule is O=[N+]([O-])c1cc2[nH]c3cc([N+](=O)[O-])c([N+](=O)[O-])cc3c2cc1[N+](=O)[O-]. The molecule has 1 N–H and O–H groups in total. The Labute approximate surface area is 135 Å². The Bertz CT molecular complexity index is 1030. The average Bonchev–Trinajstić information content (AvgIpc) is 2.88. The van der Waals surface area contributed by atoms with Crippen molar-refractivity contribution in [3.05, 3.63) is 64.7 Å². The first-order valence-electron chi connectivity index (χ1n) is 6.41. The Morgan fingerprint density at radius 1 is 0.560 bits per heavy atom. The second kappa shape index (κ2) is 5.19. The van der Waals surface area contributed by atoms with Crippen LogP contribution in [0.25, 0.3) is 21.8 Å². The van der Waals surface area contributed by atoms with Crippen molar-refractivity contribution in [2.75, 3.05) is 0 Å². The standard InChI is InChI=1S/C12H5N5O8/c18-14(19)9-1-5-6-2-10(15(20)21)12(17(24)25)4-8(6)13-7(5)3-11(9)16(22)23/h1-4,13H. The minimum absolute atomic E-state index is 0.0853. The van der Waals surface area contributed by atoms with E-state index in [2.05, 4.69) is 4.98 Å². The van der Waals surface area contributed by atoms with E-state index in [-0.39, 0.29) is 21.8 Å². The first-order chi connectivity index (χ1) is 11.7. The number of nitrogens with one attached hydrogen (secondary N) is 1. The van der Waals surface area contributed by atoms with E-state index >= 15 is 0 Å². The normalized spacial score (nSPS) is 10.9. The van der Waals surface area contributed by atoms with E-state index in [1.807, 2.05) is 0 Å². The summed E-state index contributed by atoms with van der Waals surface area (Å²) in [7, 11) is 0. The van der Waals surface area contributed by atoms with E-state index in [4.69, 9.17) is 0 Å². The molecule has 126 valence electrons. The second-order valence-corrected chi connectivity index (χ2v) is 4.93. The highest BCUT2D eigenvalue weighted by atomic mass is 16.6. The van der Waals surface area contributed by atoms with Crippen molar-refractivity contribution in [1.82, 2.24) is 4.98 Å². The third kappa shape index (κ3) is 2.35. The summed E-state index contributed by atoms with van der Waals surface area (Å²) in [6.45, 7) is 0. The van der Waals surface area contributed by atoms with Gasteiger partial charge >= 0.3 is 22.7 Å². The fourth-order valence-corrected chi connectivity index (χ4v) is 2.54. The molecule has 3 rings (SSSR count). The molecule has 0 aliphatic carbocycles. The van der Waals surface area contributed by atoms with Crippen LogP contribution < -0.4 is 0 Å². The number of benzene rings is 2. The number of H-pyrrole nitrogens is 1. The van der Waals surface area contributed by atoms with Gasteiger partial charge in [-0.05, 0) is 0 Å². The van der Waals surface area contributed by atoms with E-state index in [0.29, 0.717) is 0 Å². The van der Waals surface area contributed by atoms with Crippen LogP contribution in [0.4, 0.5) is 22.7 Å². The lowest BCUT2D eigenvalue weighted by atomic mass is 10.1. The molecule has 0 saturated carbocycles. The van der Waals surface area contributed by atoms with Crippen molar-refractivity contribution in [2.45, 2.75) is 0 Å². The molecule has 3 aromatic rings. The van der Waals surface area contributed by atoms with Crippen LogP contribution in [0.2, 0.25) is 0 Å². The molecule has 25 heavy (non-hydrogen) atoms. The molecule has 0 fully saturated rings. The van der Waals surface area contributed by atoms with Crippen molar-refractivity contribution < 1.29 is 19.7 Å². The molecule has 0 aliphatic rings. The minimum atomic E-state index is -0.948. The van der Waals surface area contributed by atoms with Gasteiger partial charge < -0.3 is 4.98 Å². The zero-order valence-corrected chi connectivity index (χ0v) is 11.9. The van der Waals surface area contributed by atoms with Gasteiger partial charge in [0.2, 0.25) is 0 Å². The van der Waals surface area contributed by atoms with Gasteiger partial charge in [-0.25, -0.2) is 0 Å². The maximum Gasteiger partial charge on any atom is 0.348 e. The monoisotopic (exact) mass is 347 g/mol. The Kier molecular flexibility index (Phi) is 3.26. The summed E-state index contributed by atoms with van der Waals surface area (Å²) in [5, 5.41) is 44.2. The van der Waals surface area contributed by atoms with Crippen molar-refractivity contribution >= 4 is 44.6 Å². The maximum atomic E-state index is 11.0. The van der Waals surface area contributed by atoms with E-state index in [1.54, 1.807) is 0 Å². The van der Waals surface area contributed by atoms with E-state index in [1.165, 1.54) is 0 Å². The van der Waals surface area contributed by atoms with Crippen LogP contribution in [-0.4, -0.2) is 24.7 Å². The van der Waals surface area contributed by atoms with Crippen molar-refractivity contribution in [1.29, 1.82) is 0 Å². The molecule has 13 heteroatoms. The van der Waals surface area contributed by atoms with Gasteiger partial charge in [0, 0.05) is 35.0 Å². The Hall–Kier alpha value is -4.16. The minimum Gasteiger partial charge on any atom is -0.354 e. The summed E-state index contributed by atoms with van der Waals surface area (Å²) in [6, 6.07) is 3.62. The third-order valence-electron chi connectivity index (χ3n) is 3.58. The molecule has 0 atom stereocenters. The highest BCUT2D eigenvalue weighted by Gasteiger charge is 2.29. The van der Waals surface area contributed by atoms with Crippen molar-refractivity contribution in [3.63, 3.8) is 0 Å². The summed E-state index contributed by atoms with van der Waals surface area (Å²) >= 11 is 0. The molecule has 0 amide bonds. The number of hydrogen-bond acceptors (Lipinski definition) is 8. The number of nitro benzene ring substituents is 4. The lowest BCUT2D eigenvalue weighted by Gasteiger charge is -1.97. The van der Waals surface area contributed by atoms with E-state index in [9.17, 15) is 40.5 Å². The van der Waals surface area contributed by atoms with Gasteiger partial charge in [0.1, 0.15) is 0 Å². The van der Waals surface area contributed by atoms with Gasteiger partial charge in [-0.1, -0.05) is 0 Å². The molecule has 1 aromatic heterocycles. The molecule has 0 bridgehead atoms. The van der Waals surface area contributed by atoms with Gasteiger partial charge in [-0.3, -0.25) is 40.5 Å². The van der Waals surface area contributed by atoms with Crippen LogP contribution in [-0.2, 0) is 0 Å². The molecule has 2 aromatic carbocycles. The largest absolute Gasteiger partial charge is 0.354 e. The Balaban J connectivity index is 2.46. The predicted molar refractivity (Wildman–Crippen MR) is 82.4 cm³/mol. The lowest BCUT2D eigenvalue weighted by Crippen LogP contribution is -1.96. The molecule has 13 nitrogen and oxygen atoms in total. The molecule has 0 radical (unpaired) electrons. The van der Waals surface area contributed by atoms with Crippen LogP contribution in [0.1, 0.15) is 0 Å². The Morgan fingerprint density at radius 3 is 1.12 bits per heavy atom. The van der Waals surface area contributed by atoms with Crippen LogP contribution in [0, 0.1) is 40.5 Å². The zero-order chi connectivity index (χ0) is 18.5. The highest BCUT2D eigenvalue weighted by Crippen LogP contribution is 2.39. The second-order valence-electron chi connectivity index (χ2n) is 4.93. The quantitative estimate of drug-likeness (QED) is 0.550. The number of nitro groups is 4. The fourth-order valence-electron chi connectivity index (χ4n) is 2.54. The molecular weight excluding hydrogens is 342 g/mol. The third-order valence-corrected chi connectivity index (χ3v) is 3.58. The summed E-state index contributed by atoms with van der Waals surface area (Å²) < 4.78 is 0. The number of rotatable bonds is 4. The molecule has 1 heterocycles. The predicted octanol–water partition coefficient (Wildman–Crippen LogP) is 2.95. The lowest BCUT2D eigenvalue weighted by molar-refractivity contribution is -0.422. The molecule has 0 unspecified atom stereocenters. The fraction of sp³-hybridized carbons (Fsp3) is 0. The zero-order valence-electron chi connectivity index (χ0n) is 11.9. The number of aromatic nitrogens is 1. The van der Waals surface area contributed by atoms with Gasteiger partial charge in [0.25, 0.3) is 0 Å². The van der Waals surface area contributed by atoms with Gasteiger partial charge in [0.15, 0.2) is 0 Å². The summed E-state index contributed by atoms with van der Waals surface area (Å²) in [5.41, 5.74) is -2.95. The first kappa shape index (κ1) is 15.7. The first-order valence-corrected chi connectivity index (χ1v) is 6.41. The van der Waals surface area contributed by atoms with Gasteiger partial charge in [-0.15, -0.1) is 0 Å². The van der Waals surface area contributed by atoms with Crippen LogP contribution >= 0.6 is 0 Å². The molecule has 0 saturated heterocycles. The number of fused-ring (bicyclic) bond motifs is 3. The average molecular weight is 347 g/mol.